The normalized spacial score (nSPS) is 12.2. The van der Waals surface area contributed by atoms with Gasteiger partial charge in [-0.3, -0.25) is 9.79 Å². The van der Waals surface area contributed by atoms with Gasteiger partial charge in [-0.05, 0) is 36.4 Å². The Balaban J connectivity index is 2.25. The summed E-state index contributed by atoms with van der Waals surface area (Å²) < 4.78 is 37.9. The van der Waals surface area contributed by atoms with Gasteiger partial charge >= 0.3 is 6.18 Å². The molecule has 0 aliphatic carbocycles. The van der Waals surface area contributed by atoms with Crippen LogP contribution in [0.3, 0.4) is 0 Å². The van der Waals surface area contributed by atoms with Gasteiger partial charge in [-0.25, -0.2) is 0 Å². The van der Waals surface area contributed by atoms with E-state index in [0.29, 0.717) is 27.6 Å². The second kappa shape index (κ2) is 8.44. The largest absolute Gasteiger partial charge is 0.425 e. The van der Waals surface area contributed by atoms with Crippen molar-refractivity contribution in [1.29, 1.82) is 0 Å². The summed E-state index contributed by atoms with van der Waals surface area (Å²) in [7, 11) is 0. The lowest BCUT2D eigenvalue weighted by molar-refractivity contribution is -0.134. The maximum Gasteiger partial charge on any atom is 0.425 e. The highest BCUT2D eigenvalue weighted by molar-refractivity contribution is 7.13. The lowest BCUT2D eigenvalue weighted by Crippen LogP contribution is -2.21. The molecular weight excluding hydrogens is 361 g/mol. The molecule has 2 aromatic rings. The highest BCUT2D eigenvalue weighted by atomic mass is 32.1. The van der Waals surface area contributed by atoms with E-state index in [1.807, 2.05) is 0 Å². The maximum absolute atomic E-state index is 12.6. The van der Waals surface area contributed by atoms with E-state index in [2.05, 4.69) is 23.5 Å². The van der Waals surface area contributed by atoms with Crippen LogP contribution in [0.2, 0.25) is 0 Å². The van der Waals surface area contributed by atoms with Crippen LogP contribution in [0, 0.1) is 0 Å². The van der Waals surface area contributed by atoms with Crippen molar-refractivity contribution in [1.82, 2.24) is 5.32 Å². The van der Waals surface area contributed by atoms with Gasteiger partial charge in [-0.15, -0.1) is 11.3 Å². The fourth-order valence-corrected chi connectivity index (χ4v) is 2.72. The number of para-hydroxylation sites is 1. The molecule has 0 radical (unpaired) electrons. The zero-order chi connectivity index (χ0) is 19.2. The van der Waals surface area contributed by atoms with E-state index in [4.69, 9.17) is 0 Å². The Labute approximate surface area is 152 Å². The quantitative estimate of drug-likeness (QED) is 0.525. The number of carbonyl (C=O) groups excluding carboxylic acids is 1. The fourth-order valence-electron chi connectivity index (χ4n) is 1.97. The van der Waals surface area contributed by atoms with Gasteiger partial charge in [0.05, 0.1) is 11.3 Å². The molecule has 1 aromatic heterocycles. The third-order valence-electron chi connectivity index (χ3n) is 3.16. The Hall–Kier alpha value is -2.93. The van der Waals surface area contributed by atoms with E-state index in [0.717, 1.165) is 6.07 Å². The van der Waals surface area contributed by atoms with Gasteiger partial charge in [0.2, 0.25) is 0 Å². The monoisotopic (exact) mass is 376 g/mol. The Kier molecular flexibility index (Phi) is 6.30. The van der Waals surface area contributed by atoms with Crippen molar-refractivity contribution >= 4 is 29.1 Å². The van der Waals surface area contributed by atoms with Crippen molar-refractivity contribution in [2.75, 3.05) is 0 Å². The van der Waals surface area contributed by atoms with Crippen LogP contribution in [-0.2, 0) is 6.18 Å². The van der Waals surface area contributed by atoms with Crippen LogP contribution in [0.25, 0.3) is 0 Å². The molecule has 1 aromatic carbocycles. The molecule has 3 nitrogen and oxygen atoms in total. The third kappa shape index (κ3) is 5.03. The van der Waals surface area contributed by atoms with Crippen LogP contribution in [0.1, 0.15) is 20.1 Å². The van der Waals surface area contributed by atoms with Crippen LogP contribution in [0.4, 0.5) is 18.9 Å². The molecule has 1 N–H and O–H groups in total. The summed E-state index contributed by atoms with van der Waals surface area (Å²) in [6.07, 6.45) is 1.49. The lowest BCUT2D eigenvalue weighted by Gasteiger charge is -2.07. The minimum Gasteiger partial charge on any atom is -0.322 e. The number of allylic oxidation sites excluding steroid dienone is 3. The Morgan fingerprint density at radius 2 is 1.88 bits per heavy atom. The SMILES string of the molecule is C=C/C=C(\C=C)NC(=O)c1ccccc1N=Cc1ccc(C(F)(F)F)s1. The van der Waals surface area contributed by atoms with Crippen molar-refractivity contribution in [2.45, 2.75) is 6.18 Å². The number of hydrogen-bond acceptors (Lipinski definition) is 3. The first kappa shape index (κ1) is 19.4. The van der Waals surface area contributed by atoms with Gasteiger partial charge in [0.1, 0.15) is 4.88 Å². The molecule has 0 fully saturated rings. The van der Waals surface area contributed by atoms with Gasteiger partial charge in [0.25, 0.3) is 5.91 Å². The third-order valence-corrected chi connectivity index (χ3v) is 4.23. The number of benzene rings is 1. The maximum atomic E-state index is 12.6. The minimum atomic E-state index is -4.38. The number of thiophene rings is 1. The molecule has 1 amide bonds. The van der Waals surface area contributed by atoms with E-state index in [-0.39, 0.29) is 5.56 Å². The first-order valence-electron chi connectivity index (χ1n) is 7.42. The summed E-state index contributed by atoms with van der Waals surface area (Å²) in [6.45, 7) is 7.15. The van der Waals surface area contributed by atoms with Crippen molar-refractivity contribution < 1.29 is 18.0 Å². The van der Waals surface area contributed by atoms with Gasteiger partial charge in [0, 0.05) is 16.8 Å². The molecule has 1 heterocycles. The van der Waals surface area contributed by atoms with E-state index in [1.54, 1.807) is 30.3 Å². The summed E-state index contributed by atoms with van der Waals surface area (Å²) >= 11 is 0.586. The predicted octanol–water partition coefficient (Wildman–Crippen LogP) is 5.50. The second-order valence-electron chi connectivity index (χ2n) is 4.99. The highest BCUT2D eigenvalue weighted by Crippen LogP contribution is 2.34. The molecule has 26 heavy (non-hydrogen) atoms. The van der Waals surface area contributed by atoms with Gasteiger partial charge in [-0.2, -0.15) is 13.2 Å². The fraction of sp³-hybridized carbons (Fsp3) is 0.0526. The van der Waals surface area contributed by atoms with Gasteiger partial charge in [0.15, 0.2) is 0 Å². The zero-order valence-corrected chi connectivity index (χ0v) is 14.4. The molecule has 134 valence electrons. The summed E-state index contributed by atoms with van der Waals surface area (Å²) in [5.74, 6) is -0.409. The summed E-state index contributed by atoms with van der Waals surface area (Å²) in [4.78, 5) is 16.2. The summed E-state index contributed by atoms with van der Waals surface area (Å²) in [5.41, 5.74) is 1.10. The van der Waals surface area contributed by atoms with Crippen LogP contribution in [0.15, 0.2) is 78.5 Å². The summed E-state index contributed by atoms with van der Waals surface area (Å²) in [6, 6.07) is 8.88. The van der Waals surface area contributed by atoms with E-state index < -0.39 is 17.0 Å². The predicted molar refractivity (Wildman–Crippen MR) is 99.0 cm³/mol. The van der Waals surface area contributed by atoms with Crippen LogP contribution in [0.5, 0.6) is 0 Å². The smallest absolute Gasteiger partial charge is 0.322 e. The van der Waals surface area contributed by atoms with Gasteiger partial charge < -0.3 is 5.32 Å². The molecule has 2 rings (SSSR count). The molecule has 0 aliphatic rings. The molecule has 0 spiro atoms. The van der Waals surface area contributed by atoms with E-state index in [9.17, 15) is 18.0 Å². The first-order chi connectivity index (χ1) is 12.3. The van der Waals surface area contributed by atoms with Crippen molar-refractivity contribution in [2.24, 2.45) is 4.99 Å². The Morgan fingerprint density at radius 1 is 1.15 bits per heavy atom. The molecular formula is C19H15F3N2OS. The number of nitrogens with zero attached hydrogens (tertiary/aromatic N) is 1. The van der Waals surface area contributed by atoms with E-state index >= 15 is 0 Å². The zero-order valence-electron chi connectivity index (χ0n) is 13.6. The average Bonchev–Trinajstić information content (AvgIpc) is 3.09. The summed E-state index contributed by atoms with van der Waals surface area (Å²) in [5, 5.41) is 2.66. The lowest BCUT2D eigenvalue weighted by atomic mass is 10.1. The van der Waals surface area contributed by atoms with Crippen molar-refractivity contribution in [3.05, 3.63) is 88.8 Å². The molecule has 0 saturated heterocycles. The molecule has 0 bridgehead atoms. The number of halogens is 3. The minimum absolute atomic E-state index is 0.285. The van der Waals surface area contributed by atoms with E-state index in [1.165, 1.54) is 24.4 Å². The highest BCUT2D eigenvalue weighted by Gasteiger charge is 2.32. The molecule has 0 saturated carbocycles. The standard InChI is InChI=1S/C19H15F3N2OS/c1-3-7-13(4-2)24-18(25)15-8-5-6-9-16(15)23-12-14-10-11-17(26-14)19(20,21)22/h3-12H,1-2H2,(H,24,25)/b13-7+,23-12?. The number of amides is 1. The molecule has 0 atom stereocenters. The van der Waals surface area contributed by atoms with Gasteiger partial charge in [-0.1, -0.05) is 31.4 Å². The Morgan fingerprint density at radius 3 is 2.50 bits per heavy atom. The number of nitrogens with one attached hydrogen (secondary N) is 1. The molecule has 7 heteroatoms. The van der Waals surface area contributed by atoms with Crippen molar-refractivity contribution in [3.63, 3.8) is 0 Å². The molecule has 0 unspecified atom stereocenters. The topological polar surface area (TPSA) is 41.5 Å². The Bertz CT molecular complexity index is 879. The number of alkyl halides is 3. The number of hydrogen-bond donors (Lipinski definition) is 1. The first-order valence-corrected chi connectivity index (χ1v) is 8.23. The number of rotatable bonds is 6. The molecule has 0 aliphatic heterocycles. The van der Waals surface area contributed by atoms with Crippen molar-refractivity contribution in [3.8, 4) is 0 Å². The van der Waals surface area contributed by atoms with Crippen LogP contribution < -0.4 is 5.32 Å². The van der Waals surface area contributed by atoms with Crippen LogP contribution in [-0.4, -0.2) is 12.1 Å². The number of aliphatic imine (C=N–C) groups is 1. The second-order valence-corrected chi connectivity index (χ2v) is 6.11. The number of carbonyl (C=O) groups is 1. The van der Waals surface area contributed by atoms with Crippen LogP contribution >= 0.6 is 11.3 Å². The average molecular weight is 376 g/mol.